The van der Waals surface area contributed by atoms with Crippen LogP contribution in [-0.4, -0.2) is 19.1 Å². The number of halogens is 1. The van der Waals surface area contributed by atoms with Crippen LogP contribution in [-0.2, 0) is 13.1 Å². The molecule has 0 amide bonds. The van der Waals surface area contributed by atoms with Crippen LogP contribution in [0.15, 0.2) is 23.4 Å². The van der Waals surface area contributed by atoms with Crippen molar-refractivity contribution in [3.05, 3.63) is 44.2 Å². The monoisotopic (exact) mass is 344 g/mol. The van der Waals surface area contributed by atoms with Crippen molar-refractivity contribution in [3.8, 4) is 0 Å². The molecule has 0 unspecified atom stereocenters. The van der Waals surface area contributed by atoms with Gasteiger partial charge in [0.25, 0.3) is 5.56 Å². The first kappa shape index (κ1) is 12.3. The fourth-order valence-electron chi connectivity index (χ4n) is 1.66. The predicted molar refractivity (Wildman–Crippen MR) is 72.9 cm³/mol. The van der Waals surface area contributed by atoms with Gasteiger partial charge in [-0.25, -0.2) is 9.97 Å². The molecule has 0 aliphatic heterocycles. The fraction of sp³-hybridized carbons (Fsp3) is 0.364. The molecule has 17 heavy (non-hydrogen) atoms. The maximum atomic E-state index is 11.9. The zero-order chi connectivity index (χ0) is 12.4. The number of aryl methyl sites for hydroxylation is 3. The lowest BCUT2D eigenvalue weighted by Crippen LogP contribution is -2.27. The molecule has 0 saturated heterocycles. The van der Waals surface area contributed by atoms with Crippen LogP contribution in [0, 0.1) is 17.4 Å². The van der Waals surface area contributed by atoms with E-state index in [1.165, 1.54) is 0 Å². The van der Waals surface area contributed by atoms with Crippen LogP contribution in [0.1, 0.15) is 11.6 Å². The van der Waals surface area contributed by atoms with Gasteiger partial charge >= 0.3 is 0 Å². The van der Waals surface area contributed by atoms with Gasteiger partial charge in [-0.1, -0.05) is 0 Å². The second-order valence-electron chi connectivity index (χ2n) is 3.78. The highest BCUT2D eigenvalue weighted by Crippen LogP contribution is 2.00. The normalized spacial score (nSPS) is 10.8. The van der Waals surface area contributed by atoms with E-state index in [4.69, 9.17) is 0 Å². The Morgan fingerprint density at radius 3 is 2.65 bits per heavy atom. The number of nitrogens with zero attached hydrogens (tertiary/aromatic N) is 4. The maximum absolute atomic E-state index is 11.9. The summed E-state index contributed by atoms with van der Waals surface area (Å²) < 4.78 is 4.36. The molecule has 2 aromatic heterocycles. The molecule has 0 atom stereocenters. The number of hydrogen-bond donors (Lipinski definition) is 0. The minimum atomic E-state index is 0.0240. The summed E-state index contributed by atoms with van der Waals surface area (Å²) in [5.74, 6) is 1.70. The van der Waals surface area contributed by atoms with Crippen LogP contribution in [0.4, 0.5) is 0 Å². The summed E-state index contributed by atoms with van der Waals surface area (Å²) in [6.07, 6.45) is 5.28. The van der Waals surface area contributed by atoms with E-state index < -0.39 is 0 Å². The molecule has 0 N–H and O–H groups in total. The third kappa shape index (κ3) is 2.56. The molecule has 0 bridgehead atoms. The first-order valence-electron chi connectivity index (χ1n) is 5.29. The Hall–Kier alpha value is -1.18. The Balaban J connectivity index is 2.23. The van der Waals surface area contributed by atoms with Crippen molar-refractivity contribution in [3.63, 3.8) is 0 Å². The fourth-order valence-corrected chi connectivity index (χ4v) is 2.09. The summed E-state index contributed by atoms with van der Waals surface area (Å²) in [6, 6.07) is 0. The third-order valence-corrected chi connectivity index (χ3v) is 3.43. The lowest BCUT2D eigenvalue weighted by atomic mass is 10.5. The minimum absolute atomic E-state index is 0.0240. The Labute approximate surface area is 113 Å². The Morgan fingerprint density at radius 2 is 2.00 bits per heavy atom. The van der Waals surface area contributed by atoms with Crippen LogP contribution in [0.2, 0.25) is 0 Å². The van der Waals surface area contributed by atoms with Gasteiger partial charge in [0.05, 0.1) is 3.57 Å². The second kappa shape index (κ2) is 4.99. The molecule has 0 fully saturated rings. The number of hydrogen-bond acceptors (Lipinski definition) is 3. The molecule has 2 rings (SSSR count). The van der Waals surface area contributed by atoms with Crippen molar-refractivity contribution in [1.29, 1.82) is 0 Å². The molecule has 5 nitrogen and oxygen atoms in total. The highest BCUT2D eigenvalue weighted by molar-refractivity contribution is 14.1. The highest BCUT2D eigenvalue weighted by atomic mass is 127. The minimum Gasteiger partial charge on any atom is -0.333 e. The van der Waals surface area contributed by atoms with Gasteiger partial charge in [0.1, 0.15) is 11.6 Å². The van der Waals surface area contributed by atoms with Gasteiger partial charge in [-0.15, -0.1) is 0 Å². The summed E-state index contributed by atoms with van der Waals surface area (Å²) in [4.78, 5) is 20.3. The number of rotatable bonds is 3. The summed E-state index contributed by atoms with van der Waals surface area (Å²) in [7, 11) is 0. The van der Waals surface area contributed by atoms with E-state index in [1.807, 2.05) is 47.2 Å². The van der Waals surface area contributed by atoms with E-state index in [1.54, 1.807) is 17.0 Å². The van der Waals surface area contributed by atoms with Crippen molar-refractivity contribution in [2.75, 3.05) is 0 Å². The number of aromatic nitrogens is 4. The zero-order valence-electron chi connectivity index (χ0n) is 9.72. The molecule has 2 aromatic rings. The Kier molecular flexibility index (Phi) is 3.60. The molecule has 6 heteroatoms. The van der Waals surface area contributed by atoms with Crippen LogP contribution in [0.5, 0.6) is 0 Å². The molecule has 90 valence electrons. The van der Waals surface area contributed by atoms with Gasteiger partial charge in [0, 0.05) is 31.7 Å². The van der Waals surface area contributed by atoms with E-state index >= 15 is 0 Å². The van der Waals surface area contributed by atoms with E-state index in [0.717, 1.165) is 18.2 Å². The van der Waals surface area contributed by atoms with Crippen LogP contribution in [0.3, 0.4) is 0 Å². The lowest BCUT2D eigenvalue weighted by Gasteiger charge is -2.10. The average molecular weight is 344 g/mol. The SMILES string of the molecule is Cc1nccn1CCn1c(C)ncc(I)c1=O. The molecular weight excluding hydrogens is 331 g/mol. The first-order valence-corrected chi connectivity index (χ1v) is 6.37. The zero-order valence-corrected chi connectivity index (χ0v) is 11.9. The third-order valence-electron chi connectivity index (χ3n) is 2.69. The smallest absolute Gasteiger partial charge is 0.266 e. The molecule has 0 aliphatic carbocycles. The van der Waals surface area contributed by atoms with Gasteiger partial charge in [-0.2, -0.15) is 0 Å². The van der Waals surface area contributed by atoms with Gasteiger partial charge in [0.2, 0.25) is 0 Å². The maximum Gasteiger partial charge on any atom is 0.266 e. The molecule has 0 aliphatic rings. The Morgan fingerprint density at radius 1 is 1.24 bits per heavy atom. The van der Waals surface area contributed by atoms with E-state index in [-0.39, 0.29) is 5.56 Å². The summed E-state index contributed by atoms with van der Waals surface area (Å²) in [5, 5.41) is 0. The average Bonchev–Trinajstić information content (AvgIpc) is 2.70. The quantitative estimate of drug-likeness (QED) is 0.791. The summed E-state index contributed by atoms with van der Waals surface area (Å²) in [5.41, 5.74) is 0.0240. The van der Waals surface area contributed by atoms with E-state index in [0.29, 0.717) is 10.1 Å². The van der Waals surface area contributed by atoms with Crippen LogP contribution < -0.4 is 5.56 Å². The molecule has 0 spiro atoms. The molecule has 0 radical (unpaired) electrons. The molecule has 0 aromatic carbocycles. The van der Waals surface area contributed by atoms with Crippen molar-refractivity contribution in [2.45, 2.75) is 26.9 Å². The topological polar surface area (TPSA) is 52.7 Å². The molecular formula is C11H13IN4O. The largest absolute Gasteiger partial charge is 0.333 e. The summed E-state index contributed by atoms with van der Waals surface area (Å²) >= 11 is 2.01. The molecule has 0 saturated carbocycles. The highest BCUT2D eigenvalue weighted by Gasteiger charge is 2.05. The summed E-state index contributed by atoms with van der Waals surface area (Å²) in [6.45, 7) is 5.14. The van der Waals surface area contributed by atoms with E-state index in [9.17, 15) is 4.79 Å². The Bertz CT molecular complexity index is 587. The van der Waals surface area contributed by atoms with Gasteiger partial charge in [0.15, 0.2) is 0 Å². The first-order chi connectivity index (χ1) is 8.09. The lowest BCUT2D eigenvalue weighted by molar-refractivity contribution is 0.535. The number of imidazole rings is 1. The van der Waals surface area contributed by atoms with Crippen molar-refractivity contribution < 1.29 is 0 Å². The molecule has 2 heterocycles. The van der Waals surface area contributed by atoms with Gasteiger partial charge in [-0.05, 0) is 36.4 Å². The van der Waals surface area contributed by atoms with Crippen molar-refractivity contribution >= 4 is 22.6 Å². The predicted octanol–water partition coefficient (Wildman–Crippen LogP) is 1.36. The van der Waals surface area contributed by atoms with Crippen molar-refractivity contribution in [2.24, 2.45) is 0 Å². The van der Waals surface area contributed by atoms with Gasteiger partial charge in [-0.3, -0.25) is 9.36 Å². The van der Waals surface area contributed by atoms with E-state index in [2.05, 4.69) is 9.97 Å². The standard InChI is InChI=1S/C11H13IN4O/c1-8-13-3-4-15(8)5-6-16-9(2)14-7-10(12)11(16)17/h3-4,7H,5-6H2,1-2H3. The second-order valence-corrected chi connectivity index (χ2v) is 4.94. The van der Waals surface area contributed by atoms with Crippen LogP contribution >= 0.6 is 22.6 Å². The van der Waals surface area contributed by atoms with Crippen LogP contribution in [0.25, 0.3) is 0 Å². The van der Waals surface area contributed by atoms with Gasteiger partial charge < -0.3 is 4.57 Å². The van der Waals surface area contributed by atoms with Crippen molar-refractivity contribution in [1.82, 2.24) is 19.1 Å².